The van der Waals surface area contributed by atoms with Gasteiger partial charge in [-0.2, -0.15) is 0 Å². The molecule has 0 amide bonds. The lowest BCUT2D eigenvalue weighted by Crippen LogP contribution is -2.42. The summed E-state index contributed by atoms with van der Waals surface area (Å²) in [4.78, 5) is 11.2. The van der Waals surface area contributed by atoms with E-state index in [1.54, 1.807) is 42.5 Å². The van der Waals surface area contributed by atoms with Crippen LogP contribution in [0.25, 0.3) is 0 Å². The monoisotopic (exact) mass is 484 g/mol. The maximum absolute atomic E-state index is 13.7. The smallest absolute Gasteiger partial charge is 0.304 e. The van der Waals surface area contributed by atoms with Crippen LogP contribution in [0.2, 0.25) is 0 Å². The van der Waals surface area contributed by atoms with Crippen LogP contribution in [0.1, 0.15) is 24.8 Å². The van der Waals surface area contributed by atoms with Crippen LogP contribution in [-0.4, -0.2) is 32.0 Å². The minimum absolute atomic E-state index is 0.147. The highest BCUT2D eigenvalue weighted by atomic mass is 32.3. The number of aliphatic carboxylic acids is 1. The molecule has 0 radical (unpaired) electrons. The van der Waals surface area contributed by atoms with E-state index < -0.39 is 35.6 Å². The number of carboxylic acids is 1. The van der Waals surface area contributed by atoms with Gasteiger partial charge in [0.2, 0.25) is 19.7 Å². The van der Waals surface area contributed by atoms with Crippen molar-refractivity contribution in [3.05, 3.63) is 109 Å². The zero-order chi connectivity index (χ0) is 24.1. The Hall–Kier alpha value is -3.23. The van der Waals surface area contributed by atoms with E-state index in [1.165, 1.54) is 54.6 Å². The largest absolute Gasteiger partial charge is 0.481 e. The van der Waals surface area contributed by atoms with Gasteiger partial charge in [0.05, 0.1) is 16.2 Å². The zero-order valence-electron chi connectivity index (χ0n) is 17.9. The molecule has 0 saturated carbocycles. The van der Waals surface area contributed by atoms with Crippen molar-refractivity contribution in [2.45, 2.75) is 33.1 Å². The van der Waals surface area contributed by atoms with Crippen molar-refractivity contribution in [1.82, 2.24) is 0 Å². The molecule has 8 heteroatoms. The Balaban J connectivity index is 2.22. The quantitative estimate of drug-likeness (QED) is 0.450. The van der Waals surface area contributed by atoms with Crippen molar-refractivity contribution in [2.24, 2.45) is 0 Å². The first kappa shape index (κ1) is 24.4. The van der Waals surface area contributed by atoms with Crippen LogP contribution in [0.5, 0.6) is 0 Å². The Kier molecular flexibility index (Phi) is 7.19. The first-order chi connectivity index (χ1) is 15.6. The third kappa shape index (κ3) is 4.91. The van der Waals surface area contributed by atoms with E-state index in [-0.39, 0.29) is 16.2 Å². The van der Waals surface area contributed by atoms with Crippen molar-refractivity contribution in [3.8, 4) is 0 Å². The minimum Gasteiger partial charge on any atom is -0.481 e. The Labute approximate surface area is 194 Å². The third-order valence-electron chi connectivity index (χ3n) is 5.43. The molecule has 1 N–H and O–H groups in total. The van der Waals surface area contributed by atoms with Gasteiger partial charge in [-0.05, 0) is 36.8 Å². The molecule has 0 fully saturated rings. The second-order valence-corrected chi connectivity index (χ2v) is 12.5. The maximum atomic E-state index is 13.7. The molecular formula is C25H24O6S2. The fourth-order valence-corrected chi connectivity index (χ4v) is 7.68. The molecule has 172 valence electrons. The van der Waals surface area contributed by atoms with Crippen LogP contribution in [-0.2, 0) is 24.5 Å². The predicted octanol–water partition coefficient (Wildman–Crippen LogP) is 4.47. The lowest BCUT2D eigenvalue weighted by molar-refractivity contribution is -0.137. The molecule has 6 nitrogen and oxygen atoms in total. The van der Waals surface area contributed by atoms with E-state index in [2.05, 4.69) is 0 Å². The predicted molar refractivity (Wildman–Crippen MR) is 126 cm³/mol. The molecule has 3 aromatic carbocycles. The van der Waals surface area contributed by atoms with Crippen molar-refractivity contribution < 1.29 is 26.7 Å². The van der Waals surface area contributed by atoms with Crippen LogP contribution >= 0.6 is 0 Å². The molecule has 3 rings (SSSR count). The van der Waals surface area contributed by atoms with Crippen molar-refractivity contribution in [2.75, 3.05) is 0 Å². The van der Waals surface area contributed by atoms with Crippen molar-refractivity contribution in [1.29, 1.82) is 0 Å². The van der Waals surface area contributed by atoms with Crippen LogP contribution in [0.3, 0.4) is 0 Å². The Morgan fingerprint density at radius 2 is 1.18 bits per heavy atom. The topological polar surface area (TPSA) is 106 Å². The van der Waals surface area contributed by atoms with Gasteiger partial charge >= 0.3 is 5.97 Å². The highest BCUT2D eigenvalue weighted by Gasteiger charge is 2.50. The number of hydrogen-bond acceptors (Lipinski definition) is 5. The third-order valence-corrected chi connectivity index (χ3v) is 10.9. The zero-order valence-corrected chi connectivity index (χ0v) is 19.5. The Morgan fingerprint density at radius 1 is 0.788 bits per heavy atom. The molecule has 0 spiro atoms. The molecule has 0 aliphatic rings. The molecule has 33 heavy (non-hydrogen) atoms. The fraction of sp³-hybridized carbons (Fsp3) is 0.160. The molecule has 0 bridgehead atoms. The average molecular weight is 485 g/mol. The maximum Gasteiger partial charge on any atom is 0.304 e. The second-order valence-electron chi connectivity index (χ2n) is 7.62. The summed E-state index contributed by atoms with van der Waals surface area (Å²) in [7, 11) is -8.87. The second kappa shape index (κ2) is 9.72. The van der Waals surface area contributed by atoms with Crippen molar-refractivity contribution >= 4 is 25.6 Å². The van der Waals surface area contributed by atoms with E-state index in [0.717, 1.165) is 13.0 Å². The summed E-state index contributed by atoms with van der Waals surface area (Å²) >= 11 is 0. The van der Waals surface area contributed by atoms with Gasteiger partial charge in [-0.25, -0.2) is 16.8 Å². The summed E-state index contributed by atoms with van der Waals surface area (Å²) in [5.41, 5.74) is 0.632. The average Bonchev–Trinajstić information content (AvgIpc) is 2.82. The summed E-state index contributed by atoms with van der Waals surface area (Å²) in [5, 5.41) is 9.38. The number of rotatable bonds is 9. The molecule has 0 saturated heterocycles. The lowest BCUT2D eigenvalue weighted by Gasteiger charge is -2.27. The first-order valence-electron chi connectivity index (χ1n) is 10.1. The van der Waals surface area contributed by atoms with Crippen LogP contribution in [0.15, 0.2) is 113 Å². The van der Waals surface area contributed by atoms with Crippen molar-refractivity contribution in [3.63, 3.8) is 0 Å². The normalized spacial score (nSPS) is 13.6. The summed E-state index contributed by atoms with van der Waals surface area (Å²) in [5.74, 6) is -1.81. The molecule has 1 atom stereocenters. The number of carboxylic acid groups (broad SMARTS) is 1. The minimum atomic E-state index is -4.43. The van der Waals surface area contributed by atoms with Gasteiger partial charge in [0.25, 0.3) is 0 Å². The molecular weight excluding hydrogens is 460 g/mol. The molecule has 0 aromatic heterocycles. The van der Waals surface area contributed by atoms with Crippen LogP contribution in [0, 0.1) is 0 Å². The number of hydrogen-bond donors (Lipinski definition) is 1. The van der Waals surface area contributed by atoms with E-state index in [0.29, 0.717) is 5.56 Å². The molecule has 0 aliphatic heterocycles. The summed E-state index contributed by atoms with van der Waals surface area (Å²) in [6.45, 7) is 1.14. The molecule has 3 aromatic rings. The summed E-state index contributed by atoms with van der Waals surface area (Å²) < 4.78 is 52.4. The number of allylic oxidation sites excluding steroid dienone is 1. The van der Waals surface area contributed by atoms with E-state index >= 15 is 0 Å². The van der Waals surface area contributed by atoms with Gasteiger partial charge in [-0.15, -0.1) is 0 Å². The van der Waals surface area contributed by atoms with Gasteiger partial charge in [0.1, 0.15) is 0 Å². The Bertz CT molecular complexity index is 1260. The van der Waals surface area contributed by atoms with E-state index in [1.807, 2.05) is 0 Å². The molecule has 0 heterocycles. The summed E-state index contributed by atoms with van der Waals surface area (Å²) in [6, 6.07) is 23.4. The fourth-order valence-electron chi connectivity index (χ4n) is 3.47. The SMILES string of the molecule is CC(/C=C/[C@@H](CC(=O)O)c1ccccc1)(S(=O)(=O)c1ccccc1)S(=O)(=O)c1ccccc1. The summed E-state index contributed by atoms with van der Waals surface area (Å²) in [6.07, 6.45) is 2.15. The van der Waals surface area contributed by atoms with Crippen LogP contribution in [0.4, 0.5) is 0 Å². The van der Waals surface area contributed by atoms with Gasteiger partial charge in [0.15, 0.2) is 4.08 Å². The van der Waals surface area contributed by atoms with E-state index in [9.17, 15) is 26.7 Å². The van der Waals surface area contributed by atoms with Gasteiger partial charge in [0, 0.05) is 5.92 Å². The first-order valence-corrected chi connectivity index (χ1v) is 13.1. The number of sulfone groups is 2. The van der Waals surface area contributed by atoms with Crippen LogP contribution < -0.4 is 0 Å². The highest BCUT2D eigenvalue weighted by Crippen LogP contribution is 2.38. The number of benzene rings is 3. The standard InChI is InChI=1S/C25H24O6S2/c1-25(32(28,29)22-13-7-3-8-14-22,33(30,31)23-15-9-4-10-16-23)18-17-21(19-24(26)27)20-11-5-2-6-12-20/h2-18,21H,19H2,1H3,(H,26,27)/b18-17+/t21-/m0/s1. The van der Waals surface area contributed by atoms with Gasteiger partial charge in [-0.1, -0.05) is 78.9 Å². The van der Waals surface area contributed by atoms with E-state index in [4.69, 9.17) is 0 Å². The lowest BCUT2D eigenvalue weighted by atomic mass is 9.95. The highest BCUT2D eigenvalue weighted by molar-refractivity contribution is 8.10. The Morgan fingerprint density at radius 3 is 1.58 bits per heavy atom. The molecule has 0 aliphatic carbocycles. The van der Waals surface area contributed by atoms with Gasteiger partial charge in [-0.3, -0.25) is 4.79 Å². The number of carbonyl (C=O) groups is 1. The van der Waals surface area contributed by atoms with Gasteiger partial charge < -0.3 is 5.11 Å². The molecule has 0 unspecified atom stereocenters.